The zero-order chi connectivity index (χ0) is 15.3. The summed E-state index contributed by atoms with van der Waals surface area (Å²) in [5.41, 5.74) is 13.2. The van der Waals surface area contributed by atoms with Gasteiger partial charge in [0.05, 0.1) is 5.75 Å². The van der Waals surface area contributed by atoms with Crippen LogP contribution < -0.4 is 11.5 Å². The molecule has 0 spiro atoms. The lowest BCUT2D eigenvalue weighted by Gasteiger charge is -2.05. The van der Waals surface area contributed by atoms with E-state index in [1.165, 1.54) is 6.26 Å². The first-order chi connectivity index (χ1) is 8.38. The Kier molecular flexibility index (Phi) is 6.22. The highest BCUT2D eigenvalue weighted by atomic mass is 32.3. The first-order valence-corrected chi connectivity index (χ1v) is 8.36. The quantitative estimate of drug-likeness (QED) is 0.440. The van der Waals surface area contributed by atoms with E-state index in [2.05, 4.69) is 0 Å². The third-order valence-corrected chi connectivity index (χ3v) is 2.85. The molecule has 8 nitrogen and oxygen atoms in total. The number of aryl methyl sites for hydroxylation is 1. The molecule has 0 saturated heterocycles. The molecule has 0 amide bonds. The molecule has 0 aliphatic carbocycles. The molecule has 0 fully saturated rings. The van der Waals surface area contributed by atoms with Gasteiger partial charge in [0.2, 0.25) is 0 Å². The van der Waals surface area contributed by atoms with Crippen LogP contribution in [0.3, 0.4) is 0 Å². The van der Waals surface area contributed by atoms with Gasteiger partial charge in [-0.3, -0.25) is 9.11 Å². The van der Waals surface area contributed by atoms with Crippen molar-refractivity contribution in [2.45, 2.75) is 6.42 Å². The third-order valence-electron chi connectivity index (χ3n) is 1.91. The number of anilines is 2. The molecule has 1 aromatic rings. The minimum absolute atomic E-state index is 0.0979. The number of rotatable bonds is 3. The Morgan fingerprint density at radius 2 is 1.58 bits per heavy atom. The summed E-state index contributed by atoms with van der Waals surface area (Å²) >= 11 is 0. The van der Waals surface area contributed by atoms with Crippen molar-refractivity contribution in [1.29, 1.82) is 0 Å². The highest BCUT2D eigenvalue weighted by Crippen LogP contribution is 2.16. The van der Waals surface area contributed by atoms with Crippen molar-refractivity contribution in [1.82, 2.24) is 0 Å². The maximum absolute atomic E-state index is 10.9. The summed E-state index contributed by atoms with van der Waals surface area (Å²) in [7, 11) is -7.61. The van der Waals surface area contributed by atoms with Crippen molar-refractivity contribution < 1.29 is 25.9 Å². The monoisotopic (exact) mass is 312 g/mol. The predicted octanol–water partition coefficient (Wildman–Crippen LogP) is -0.215. The number of benzene rings is 1. The molecule has 1 aromatic carbocycles. The van der Waals surface area contributed by atoms with Gasteiger partial charge in [0, 0.05) is 17.6 Å². The highest BCUT2D eigenvalue weighted by molar-refractivity contribution is 7.90. The molecule has 1 rings (SSSR count). The van der Waals surface area contributed by atoms with Crippen molar-refractivity contribution in [3.05, 3.63) is 23.8 Å². The van der Waals surface area contributed by atoms with E-state index in [1.807, 2.05) is 0 Å². The normalized spacial score (nSPS) is 11.5. The fraction of sp³-hybridized carbons (Fsp3) is 0.333. The third kappa shape index (κ3) is 11.5. The Balaban J connectivity index is 0.000000555. The van der Waals surface area contributed by atoms with Gasteiger partial charge in [0.25, 0.3) is 0 Å². The first kappa shape index (κ1) is 17.6. The van der Waals surface area contributed by atoms with Gasteiger partial charge in [0.15, 0.2) is 0 Å². The Morgan fingerprint density at radius 1 is 1.11 bits per heavy atom. The van der Waals surface area contributed by atoms with Gasteiger partial charge in [-0.1, -0.05) is 0 Å². The van der Waals surface area contributed by atoms with Crippen LogP contribution >= 0.6 is 0 Å². The molecule has 0 saturated carbocycles. The maximum atomic E-state index is 10.9. The van der Waals surface area contributed by atoms with Crippen LogP contribution in [-0.4, -0.2) is 37.9 Å². The van der Waals surface area contributed by atoms with Gasteiger partial charge < -0.3 is 11.5 Å². The van der Waals surface area contributed by atoms with Gasteiger partial charge in [-0.25, -0.2) is 8.42 Å². The number of nitrogen functional groups attached to an aromatic ring is 2. The van der Waals surface area contributed by atoms with E-state index in [0.29, 0.717) is 17.8 Å². The van der Waals surface area contributed by atoms with Crippen molar-refractivity contribution >= 4 is 31.6 Å². The van der Waals surface area contributed by atoms with Gasteiger partial charge >= 0.3 is 10.4 Å². The molecule has 19 heavy (non-hydrogen) atoms. The number of nitrogens with two attached hydrogens (primary N) is 2. The standard InChI is InChI=1S/C9H14N2O2S.H2O4S/c1-14(12,13)5-4-7-6-8(10)2-3-9(7)11;1-5(2,3)4/h2-3,6H,4-5,10-11H2,1H3;(H2,1,2,3,4). The molecule has 0 aromatic heterocycles. The first-order valence-electron chi connectivity index (χ1n) is 4.90. The molecular formula is C9H16N2O6S2. The lowest BCUT2D eigenvalue weighted by molar-refractivity contribution is 0.381. The van der Waals surface area contributed by atoms with Crippen LogP contribution in [0.1, 0.15) is 5.56 Å². The second-order valence-electron chi connectivity index (χ2n) is 3.79. The zero-order valence-electron chi connectivity index (χ0n) is 10.1. The fourth-order valence-corrected chi connectivity index (χ4v) is 1.73. The molecule has 6 N–H and O–H groups in total. The fourth-order valence-electron chi connectivity index (χ4n) is 1.14. The molecule has 0 radical (unpaired) electrons. The lowest BCUT2D eigenvalue weighted by atomic mass is 10.1. The lowest BCUT2D eigenvalue weighted by Crippen LogP contribution is -2.07. The largest absolute Gasteiger partial charge is 0.399 e. The van der Waals surface area contributed by atoms with Crippen LogP contribution in [0.25, 0.3) is 0 Å². The van der Waals surface area contributed by atoms with Crippen LogP contribution in [0.4, 0.5) is 11.4 Å². The average Bonchev–Trinajstić information content (AvgIpc) is 2.16. The Hall–Kier alpha value is -1.36. The summed E-state index contributed by atoms with van der Waals surface area (Å²) in [4.78, 5) is 0. The molecule has 0 atom stereocenters. The minimum Gasteiger partial charge on any atom is -0.399 e. The van der Waals surface area contributed by atoms with E-state index >= 15 is 0 Å². The van der Waals surface area contributed by atoms with Crippen molar-refractivity contribution in [3.8, 4) is 0 Å². The topological polar surface area (TPSA) is 161 Å². The molecule has 0 heterocycles. The van der Waals surface area contributed by atoms with Crippen LogP contribution in [0.2, 0.25) is 0 Å². The zero-order valence-corrected chi connectivity index (χ0v) is 11.8. The Bertz CT molecular complexity index is 616. The van der Waals surface area contributed by atoms with Gasteiger partial charge in [-0.15, -0.1) is 0 Å². The van der Waals surface area contributed by atoms with Crippen LogP contribution in [0.5, 0.6) is 0 Å². The molecular weight excluding hydrogens is 296 g/mol. The van der Waals surface area contributed by atoms with Crippen LogP contribution in [-0.2, 0) is 26.7 Å². The highest BCUT2D eigenvalue weighted by Gasteiger charge is 2.05. The van der Waals surface area contributed by atoms with E-state index in [1.54, 1.807) is 18.2 Å². The second-order valence-corrected chi connectivity index (χ2v) is 6.94. The van der Waals surface area contributed by atoms with Gasteiger partial charge in [0.1, 0.15) is 9.84 Å². The minimum atomic E-state index is -4.67. The summed E-state index contributed by atoms with van der Waals surface area (Å²) in [5.74, 6) is 0.0979. The summed E-state index contributed by atoms with van der Waals surface area (Å²) in [5, 5.41) is 0. The van der Waals surface area contributed by atoms with E-state index in [9.17, 15) is 8.42 Å². The molecule has 0 unspecified atom stereocenters. The summed E-state index contributed by atoms with van der Waals surface area (Å²) in [6.45, 7) is 0. The second kappa shape index (κ2) is 6.70. The molecule has 0 aliphatic heterocycles. The van der Waals surface area contributed by atoms with E-state index in [4.69, 9.17) is 29.0 Å². The van der Waals surface area contributed by atoms with Crippen molar-refractivity contribution in [3.63, 3.8) is 0 Å². The Morgan fingerprint density at radius 3 is 2.00 bits per heavy atom. The summed E-state index contributed by atoms with van der Waals surface area (Å²) in [6, 6.07) is 5.09. The summed E-state index contributed by atoms with van der Waals surface area (Å²) in [6.07, 6.45) is 1.62. The van der Waals surface area contributed by atoms with Gasteiger partial charge in [-0.05, 0) is 30.2 Å². The van der Waals surface area contributed by atoms with Crippen LogP contribution in [0.15, 0.2) is 18.2 Å². The molecule has 10 heteroatoms. The number of hydrogen-bond donors (Lipinski definition) is 4. The summed E-state index contributed by atoms with van der Waals surface area (Å²) < 4.78 is 53.4. The van der Waals surface area contributed by atoms with Crippen molar-refractivity contribution in [2.75, 3.05) is 23.5 Å². The molecule has 110 valence electrons. The number of hydrogen-bond acceptors (Lipinski definition) is 6. The van der Waals surface area contributed by atoms with E-state index in [0.717, 1.165) is 5.56 Å². The van der Waals surface area contributed by atoms with Gasteiger partial charge in [-0.2, -0.15) is 8.42 Å². The SMILES string of the molecule is CS(=O)(=O)CCc1cc(N)ccc1N.O=S(=O)(O)O. The van der Waals surface area contributed by atoms with Crippen molar-refractivity contribution in [2.24, 2.45) is 0 Å². The molecule has 0 aliphatic rings. The molecule has 0 bridgehead atoms. The average molecular weight is 312 g/mol. The number of sulfone groups is 1. The van der Waals surface area contributed by atoms with Crippen LogP contribution in [0, 0.1) is 0 Å². The van der Waals surface area contributed by atoms with E-state index in [-0.39, 0.29) is 5.75 Å². The maximum Gasteiger partial charge on any atom is 0.394 e. The predicted molar refractivity (Wildman–Crippen MR) is 72.9 cm³/mol. The smallest absolute Gasteiger partial charge is 0.394 e. The Labute approximate surface area is 111 Å². The van der Waals surface area contributed by atoms with E-state index < -0.39 is 20.2 Å².